The van der Waals surface area contributed by atoms with Crippen molar-refractivity contribution in [1.82, 2.24) is 14.9 Å². The van der Waals surface area contributed by atoms with E-state index in [-0.39, 0.29) is 5.91 Å². The van der Waals surface area contributed by atoms with E-state index in [1.807, 2.05) is 19.9 Å². The number of benzene rings is 1. The number of rotatable bonds is 9. The number of hydrogen-bond acceptors (Lipinski definition) is 7. The molecular formula is C27H35N5O2S. The molecule has 35 heavy (non-hydrogen) atoms. The maximum Gasteiger partial charge on any atom is 0.273 e. The molecule has 1 aromatic heterocycles. The van der Waals surface area contributed by atoms with Crippen molar-refractivity contribution >= 4 is 34.8 Å². The third-order valence-corrected chi connectivity index (χ3v) is 8.15. The van der Waals surface area contributed by atoms with Gasteiger partial charge in [0, 0.05) is 61.7 Å². The SMILES string of the molecule is CCCN(OCC)C(=O)C1=Cc2sc(CN3CC4(CCN4Cc4ccccc4)C3)cc2N=C(N)C1. The van der Waals surface area contributed by atoms with Crippen LogP contribution in [0.3, 0.4) is 0 Å². The van der Waals surface area contributed by atoms with Crippen molar-refractivity contribution in [2.45, 2.75) is 51.7 Å². The molecule has 2 saturated heterocycles. The van der Waals surface area contributed by atoms with Crippen molar-refractivity contribution in [3.05, 3.63) is 57.3 Å². The lowest BCUT2D eigenvalue weighted by Gasteiger charge is -2.63. The molecule has 5 rings (SSSR count). The molecule has 0 unspecified atom stereocenters. The van der Waals surface area contributed by atoms with Crippen molar-refractivity contribution < 1.29 is 9.63 Å². The van der Waals surface area contributed by atoms with Crippen LogP contribution in [-0.2, 0) is 22.7 Å². The summed E-state index contributed by atoms with van der Waals surface area (Å²) in [7, 11) is 0. The number of hydroxylamine groups is 2. The van der Waals surface area contributed by atoms with Crippen LogP contribution in [0.25, 0.3) is 6.08 Å². The predicted molar refractivity (Wildman–Crippen MR) is 141 cm³/mol. The van der Waals surface area contributed by atoms with Gasteiger partial charge in [0.25, 0.3) is 5.91 Å². The fraction of sp³-hybridized carbons (Fsp3) is 0.481. The van der Waals surface area contributed by atoms with Gasteiger partial charge in [-0.15, -0.1) is 11.3 Å². The molecule has 2 fully saturated rings. The number of nitrogens with two attached hydrogens (primary N) is 1. The highest BCUT2D eigenvalue weighted by Crippen LogP contribution is 2.42. The molecule has 7 nitrogen and oxygen atoms in total. The molecular weight excluding hydrogens is 458 g/mol. The Morgan fingerprint density at radius 1 is 1.23 bits per heavy atom. The standard InChI is InChI=1S/C27H35N5O2S/c1-3-11-32(34-4-2)26(33)21-13-24-23(29-25(28)14-21)15-22(35-24)17-30-18-27(19-30)10-12-31(27)16-20-8-6-5-7-9-20/h5-9,13,15H,3-4,10-12,14,16-19H2,1-2H3,(H2,28,29). The van der Waals surface area contributed by atoms with E-state index in [4.69, 9.17) is 10.6 Å². The van der Waals surface area contributed by atoms with E-state index >= 15 is 0 Å². The summed E-state index contributed by atoms with van der Waals surface area (Å²) in [6.45, 7) is 10.3. The van der Waals surface area contributed by atoms with Crippen LogP contribution in [0.15, 0.2) is 47.0 Å². The second kappa shape index (κ2) is 10.2. The number of hydrogen-bond donors (Lipinski definition) is 1. The van der Waals surface area contributed by atoms with Crippen LogP contribution in [-0.4, -0.2) is 64.9 Å². The fourth-order valence-electron chi connectivity index (χ4n) is 5.31. The van der Waals surface area contributed by atoms with E-state index < -0.39 is 0 Å². The maximum atomic E-state index is 13.1. The first-order chi connectivity index (χ1) is 17.0. The van der Waals surface area contributed by atoms with Gasteiger partial charge in [-0.1, -0.05) is 37.3 Å². The molecule has 1 amide bonds. The Balaban J connectivity index is 1.24. The van der Waals surface area contributed by atoms with Crippen LogP contribution in [0.1, 0.15) is 48.4 Å². The number of aliphatic imine (C=N–C) groups is 1. The number of amides is 1. The van der Waals surface area contributed by atoms with Gasteiger partial charge in [-0.2, -0.15) is 0 Å². The van der Waals surface area contributed by atoms with Gasteiger partial charge in [-0.05, 0) is 37.5 Å². The van der Waals surface area contributed by atoms with Gasteiger partial charge in [-0.25, -0.2) is 10.1 Å². The smallest absolute Gasteiger partial charge is 0.273 e. The van der Waals surface area contributed by atoms with E-state index in [9.17, 15) is 4.79 Å². The van der Waals surface area contributed by atoms with Crippen molar-refractivity contribution in [3.8, 4) is 0 Å². The molecule has 0 aliphatic carbocycles. The first kappa shape index (κ1) is 24.2. The summed E-state index contributed by atoms with van der Waals surface area (Å²) in [6, 6.07) is 12.9. The normalized spacial score (nSPS) is 19.3. The molecule has 1 aromatic carbocycles. The number of likely N-dealkylation sites (tertiary alicyclic amines) is 2. The molecule has 0 bridgehead atoms. The lowest BCUT2D eigenvalue weighted by Crippen LogP contribution is -2.75. The molecule has 1 spiro atoms. The van der Waals surface area contributed by atoms with Crippen LogP contribution >= 0.6 is 11.3 Å². The van der Waals surface area contributed by atoms with E-state index in [0.717, 1.165) is 43.2 Å². The number of nitrogens with zero attached hydrogens (tertiary/aromatic N) is 4. The number of amidine groups is 1. The summed E-state index contributed by atoms with van der Waals surface area (Å²) in [5, 5.41) is 1.46. The summed E-state index contributed by atoms with van der Waals surface area (Å²) in [5.41, 5.74) is 9.43. The zero-order chi connectivity index (χ0) is 24.4. The molecule has 186 valence electrons. The number of carbonyl (C=O) groups excluding carboxylic acids is 1. The molecule has 4 heterocycles. The highest BCUT2D eigenvalue weighted by atomic mass is 32.1. The third-order valence-electron chi connectivity index (χ3n) is 7.09. The second-order valence-electron chi connectivity index (χ2n) is 9.76. The Hall–Kier alpha value is -2.52. The van der Waals surface area contributed by atoms with Crippen LogP contribution in [0.5, 0.6) is 0 Å². The van der Waals surface area contributed by atoms with Crippen molar-refractivity contribution in [1.29, 1.82) is 0 Å². The van der Waals surface area contributed by atoms with Gasteiger partial charge in [0.2, 0.25) is 0 Å². The molecule has 2 aromatic rings. The van der Waals surface area contributed by atoms with Gasteiger partial charge >= 0.3 is 0 Å². The van der Waals surface area contributed by atoms with E-state index in [1.165, 1.54) is 28.5 Å². The van der Waals surface area contributed by atoms with E-state index in [0.29, 0.717) is 36.5 Å². The van der Waals surface area contributed by atoms with Gasteiger partial charge in [0.15, 0.2) is 0 Å². The number of carbonyl (C=O) groups is 1. The highest BCUT2D eigenvalue weighted by Gasteiger charge is 2.52. The zero-order valence-corrected chi connectivity index (χ0v) is 21.5. The number of fused-ring (bicyclic) bond motifs is 1. The predicted octanol–water partition coefficient (Wildman–Crippen LogP) is 4.17. The van der Waals surface area contributed by atoms with Crippen LogP contribution in [0.4, 0.5) is 5.69 Å². The van der Waals surface area contributed by atoms with Gasteiger partial charge < -0.3 is 5.73 Å². The topological polar surface area (TPSA) is 74.4 Å². The fourth-order valence-corrected chi connectivity index (χ4v) is 6.42. The Bertz CT molecular complexity index is 1110. The Kier molecular flexibility index (Phi) is 7.07. The summed E-state index contributed by atoms with van der Waals surface area (Å²) >= 11 is 1.71. The largest absolute Gasteiger partial charge is 0.387 e. The Labute approximate surface area is 211 Å². The first-order valence-electron chi connectivity index (χ1n) is 12.6. The van der Waals surface area contributed by atoms with Crippen LogP contribution in [0.2, 0.25) is 0 Å². The first-order valence-corrected chi connectivity index (χ1v) is 13.4. The summed E-state index contributed by atoms with van der Waals surface area (Å²) in [4.78, 5) is 30.7. The Morgan fingerprint density at radius 3 is 2.71 bits per heavy atom. The monoisotopic (exact) mass is 493 g/mol. The van der Waals surface area contributed by atoms with Crippen molar-refractivity contribution in [3.63, 3.8) is 0 Å². The lowest BCUT2D eigenvalue weighted by atomic mass is 9.77. The minimum Gasteiger partial charge on any atom is -0.387 e. The molecule has 3 aliphatic heterocycles. The quantitative estimate of drug-likeness (QED) is 0.531. The van der Waals surface area contributed by atoms with Gasteiger partial charge in [-0.3, -0.25) is 19.4 Å². The van der Waals surface area contributed by atoms with Gasteiger partial charge in [0.1, 0.15) is 5.84 Å². The summed E-state index contributed by atoms with van der Waals surface area (Å²) in [6.07, 6.45) is 4.41. The lowest BCUT2D eigenvalue weighted by molar-refractivity contribution is -0.180. The third kappa shape index (κ3) is 5.07. The average Bonchev–Trinajstić information content (AvgIpc) is 3.11. The van der Waals surface area contributed by atoms with Crippen molar-refractivity contribution in [2.75, 3.05) is 32.8 Å². The molecule has 0 radical (unpaired) electrons. The molecule has 8 heteroatoms. The van der Waals surface area contributed by atoms with Crippen LogP contribution < -0.4 is 5.73 Å². The minimum absolute atomic E-state index is 0.122. The molecule has 0 saturated carbocycles. The average molecular weight is 494 g/mol. The number of thiophene rings is 1. The molecule has 0 atom stereocenters. The molecule has 2 N–H and O–H groups in total. The highest BCUT2D eigenvalue weighted by molar-refractivity contribution is 7.13. The second-order valence-corrected chi connectivity index (χ2v) is 10.9. The zero-order valence-electron chi connectivity index (χ0n) is 20.7. The van der Waals surface area contributed by atoms with E-state index in [2.05, 4.69) is 51.2 Å². The van der Waals surface area contributed by atoms with Crippen LogP contribution in [0, 0.1) is 0 Å². The molecule has 3 aliphatic rings. The van der Waals surface area contributed by atoms with E-state index in [1.54, 1.807) is 11.3 Å². The minimum atomic E-state index is -0.122. The summed E-state index contributed by atoms with van der Waals surface area (Å²) in [5.74, 6) is 0.345. The van der Waals surface area contributed by atoms with Gasteiger partial charge in [0.05, 0.1) is 17.2 Å². The summed E-state index contributed by atoms with van der Waals surface area (Å²) < 4.78 is 0. The maximum absolute atomic E-state index is 13.1. The Morgan fingerprint density at radius 2 is 2.03 bits per heavy atom. The van der Waals surface area contributed by atoms with Crippen molar-refractivity contribution in [2.24, 2.45) is 10.7 Å².